The summed E-state index contributed by atoms with van der Waals surface area (Å²) in [5.74, 6) is 0. The summed E-state index contributed by atoms with van der Waals surface area (Å²) in [6.45, 7) is 3.11. The second kappa shape index (κ2) is 2.51. The number of ether oxygens (including phenoxy) is 2. The van der Waals surface area contributed by atoms with E-state index in [1.54, 1.807) is 0 Å². The van der Waals surface area contributed by atoms with Crippen molar-refractivity contribution in [1.29, 1.82) is 0 Å². The third-order valence-corrected chi connectivity index (χ3v) is 2.37. The van der Waals surface area contributed by atoms with Crippen LogP contribution in [0.2, 0.25) is 0 Å². The van der Waals surface area contributed by atoms with E-state index in [1.165, 1.54) is 12.8 Å². The summed E-state index contributed by atoms with van der Waals surface area (Å²) in [5.41, 5.74) is 0. The summed E-state index contributed by atoms with van der Waals surface area (Å²) in [5, 5.41) is 0. The minimum absolute atomic E-state index is 0.435. The highest BCUT2D eigenvalue weighted by Gasteiger charge is 2.38. The maximum absolute atomic E-state index is 5.71. The predicted octanol–water partition coefficient (Wildman–Crippen LogP) is 1.34. The summed E-state index contributed by atoms with van der Waals surface area (Å²) in [6, 6.07) is 0. The molecule has 0 saturated carbocycles. The minimum Gasteiger partial charge on any atom is -0.372 e. The first-order chi connectivity index (χ1) is 4.90. The molecule has 2 heterocycles. The Hall–Kier alpha value is -0.0800. The topological polar surface area (TPSA) is 21.8 Å². The van der Waals surface area contributed by atoms with E-state index < -0.39 is 0 Å². The van der Waals surface area contributed by atoms with Gasteiger partial charge >= 0.3 is 0 Å². The highest BCUT2D eigenvalue weighted by Crippen LogP contribution is 2.30. The summed E-state index contributed by atoms with van der Waals surface area (Å²) in [6.07, 6.45) is 5.02. The van der Waals surface area contributed by atoms with Gasteiger partial charge in [-0.2, -0.15) is 0 Å². The maximum Gasteiger partial charge on any atom is 0.107 e. The van der Waals surface area contributed by atoms with Crippen LogP contribution in [0.25, 0.3) is 0 Å². The molecule has 2 fully saturated rings. The number of rotatable bonds is 2. The highest BCUT2D eigenvalue weighted by molar-refractivity contribution is 4.85. The lowest BCUT2D eigenvalue weighted by Crippen LogP contribution is -2.15. The zero-order valence-electron chi connectivity index (χ0n) is 6.38. The van der Waals surface area contributed by atoms with Crippen molar-refractivity contribution >= 4 is 0 Å². The lowest BCUT2D eigenvalue weighted by Gasteiger charge is -2.08. The molecule has 10 heavy (non-hydrogen) atoms. The van der Waals surface area contributed by atoms with Crippen molar-refractivity contribution in [2.45, 2.75) is 44.5 Å². The van der Waals surface area contributed by atoms with Gasteiger partial charge in [-0.05, 0) is 19.3 Å². The Morgan fingerprint density at radius 2 is 2.10 bits per heavy atom. The van der Waals surface area contributed by atoms with Crippen LogP contribution in [0.5, 0.6) is 0 Å². The van der Waals surface area contributed by atoms with Crippen molar-refractivity contribution in [3.63, 3.8) is 0 Å². The summed E-state index contributed by atoms with van der Waals surface area (Å²) < 4.78 is 10.9. The van der Waals surface area contributed by atoms with E-state index >= 15 is 0 Å². The van der Waals surface area contributed by atoms with Gasteiger partial charge in [-0.25, -0.2) is 0 Å². The molecule has 0 spiro atoms. The Bertz CT molecular complexity index is 120. The lowest BCUT2D eigenvalue weighted by atomic mass is 10.1. The number of epoxide rings is 1. The van der Waals surface area contributed by atoms with E-state index in [1.807, 2.05) is 0 Å². The SMILES string of the molecule is CCC1CCC(C2CO2)O1. The number of hydrogen-bond acceptors (Lipinski definition) is 2. The third kappa shape index (κ3) is 1.18. The molecule has 0 aliphatic carbocycles. The average molecular weight is 142 g/mol. The van der Waals surface area contributed by atoms with Crippen LogP contribution in [0.15, 0.2) is 0 Å². The first-order valence-electron chi connectivity index (χ1n) is 4.17. The van der Waals surface area contributed by atoms with Crippen molar-refractivity contribution in [2.24, 2.45) is 0 Å². The van der Waals surface area contributed by atoms with Crippen LogP contribution in [0.1, 0.15) is 26.2 Å². The fraction of sp³-hybridized carbons (Fsp3) is 1.00. The monoisotopic (exact) mass is 142 g/mol. The molecule has 2 saturated heterocycles. The van der Waals surface area contributed by atoms with Gasteiger partial charge in [0.25, 0.3) is 0 Å². The molecule has 2 rings (SSSR count). The van der Waals surface area contributed by atoms with Crippen LogP contribution in [0.3, 0.4) is 0 Å². The molecule has 2 aliphatic rings. The second-order valence-electron chi connectivity index (χ2n) is 3.15. The molecule has 2 heteroatoms. The quantitative estimate of drug-likeness (QED) is 0.543. The fourth-order valence-corrected chi connectivity index (χ4v) is 1.58. The van der Waals surface area contributed by atoms with Crippen molar-refractivity contribution in [1.82, 2.24) is 0 Å². The molecule has 3 atom stereocenters. The van der Waals surface area contributed by atoms with E-state index in [0.29, 0.717) is 18.3 Å². The van der Waals surface area contributed by atoms with Gasteiger partial charge in [0.1, 0.15) is 6.10 Å². The van der Waals surface area contributed by atoms with Gasteiger partial charge < -0.3 is 9.47 Å². The largest absolute Gasteiger partial charge is 0.372 e. The molecule has 0 amide bonds. The zero-order valence-corrected chi connectivity index (χ0v) is 6.38. The fourth-order valence-electron chi connectivity index (χ4n) is 1.58. The van der Waals surface area contributed by atoms with Crippen LogP contribution in [0, 0.1) is 0 Å². The molecule has 0 radical (unpaired) electrons. The normalized spacial score (nSPS) is 45.9. The van der Waals surface area contributed by atoms with Crippen LogP contribution >= 0.6 is 0 Å². The molecule has 0 aromatic rings. The van der Waals surface area contributed by atoms with Crippen LogP contribution in [-0.2, 0) is 9.47 Å². The van der Waals surface area contributed by atoms with Gasteiger partial charge in [0, 0.05) is 0 Å². The Kier molecular flexibility index (Phi) is 1.66. The van der Waals surface area contributed by atoms with E-state index in [0.717, 1.165) is 13.0 Å². The molecular formula is C8H14O2. The van der Waals surface area contributed by atoms with E-state index in [-0.39, 0.29) is 0 Å². The van der Waals surface area contributed by atoms with Gasteiger partial charge in [0.2, 0.25) is 0 Å². The molecule has 58 valence electrons. The molecule has 0 N–H and O–H groups in total. The Morgan fingerprint density at radius 3 is 2.60 bits per heavy atom. The van der Waals surface area contributed by atoms with Gasteiger partial charge in [-0.3, -0.25) is 0 Å². The van der Waals surface area contributed by atoms with Crippen LogP contribution in [-0.4, -0.2) is 24.9 Å². The average Bonchev–Trinajstić information content (AvgIpc) is 2.70. The Morgan fingerprint density at radius 1 is 1.30 bits per heavy atom. The van der Waals surface area contributed by atoms with E-state index in [4.69, 9.17) is 9.47 Å². The first kappa shape index (κ1) is 6.62. The summed E-state index contributed by atoms with van der Waals surface area (Å²) in [4.78, 5) is 0. The maximum atomic E-state index is 5.71. The van der Waals surface area contributed by atoms with Gasteiger partial charge in [-0.15, -0.1) is 0 Å². The van der Waals surface area contributed by atoms with Crippen LogP contribution < -0.4 is 0 Å². The lowest BCUT2D eigenvalue weighted by molar-refractivity contribution is 0.0275. The molecule has 0 bridgehead atoms. The standard InChI is InChI=1S/C8H14O2/c1-2-6-3-4-7(10-6)8-5-9-8/h6-8H,2-5H2,1H3. The van der Waals surface area contributed by atoms with Gasteiger partial charge in [0.05, 0.1) is 18.8 Å². The zero-order chi connectivity index (χ0) is 6.97. The molecule has 2 aliphatic heterocycles. The second-order valence-corrected chi connectivity index (χ2v) is 3.15. The molecule has 3 unspecified atom stereocenters. The van der Waals surface area contributed by atoms with Crippen molar-refractivity contribution in [3.05, 3.63) is 0 Å². The minimum atomic E-state index is 0.435. The van der Waals surface area contributed by atoms with Gasteiger partial charge in [0.15, 0.2) is 0 Å². The smallest absolute Gasteiger partial charge is 0.107 e. The third-order valence-electron chi connectivity index (χ3n) is 2.37. The predicted molar refractivity (Wildman–Crippen MR) is 37.9 cm³/mol. The van der Waals surface area contributed by atoms with E-state index in [2.05, 4.69) is 6.92 Å². The van der Waals surface area contributed by atoms with E-state index in [9.17, 15) is 0 Å². The molecule has 2 nitrogen and oxygen atoms in total. The Balaban J connectivity index is 1.81. The van der Waals surface area contributed by atoms with Crippen LogP contribution in [0.4, 0.5) is 0 Å². The van der Waals surface area contributed by atoms with Crippen molar-refractivity contribution < 1.29 is 9.47 Å². The first-order valence-corrected chi connectivity index (χ1v) is 4.17. The summed E-state index contributed by atoms with van der Waals surface area (Å²) >= 11 is 0. The Labute approximate surface area is 61.5 Å². The van der Waals surface area contributed by atoms with Crippen molar-refractivity contribution in [3.8, 4) is 0 Å². The molecule has 0 aromatic heterocycles. The summed E-state index contributed by atoms with van der Waals surface area (Å²) in [7, 11) is 0. The highest BCUT2D eigenvalue weighted by atomic mass is 16.6. The molecular weight excluding hydrogens is 128 g/mol. The van der Waals surface area contributed by atoms with Gasteiger partial charge in [-0.1, -0.05) is 6.92 Å². The number of hydrogen-bond donors (Lipinski definition) is 0. The molecule has 0 aromatic carbocycles. The van der Waals surface area contributed by atoms with Crippen molar-refractivity contribution in [2.75, 3.05) is 6.61 Å².